The number of nitrogens with zero attached hydrogens (tertiary/aromatic N) is 1. The molecule has 0 saturated carbocycles. The van der Waals surface area contributed by atoms with Crippen LogP contribution < -0.4 is 5.43 Å². The first-order valence-electron chi connectivity index (χ1n) is 7.61. The Labute approximate surface area is 128 Å². The summed E-state index contributed by atoms with van der Waals surface area (Å²) in [5.41, 5.74) is 3.04. The Morgan fingerprint density at radius 2 is 1.76 bits per heavy atom. The van der Waals surface area contributed by atoms with E-state index in [1.54, 1.807) is 0 Å². The quantitative estimate of drug-likeness (QED) is 0.208. The van der Waals surface area contributed by atoms with Gasteiger partial charge in [-0.15, -0.1) is 0 Å². The van der Waals surface area contributed by atoms with Gasteiger partial charge in [-0.25, -0.2) is 5.01 Å². The molecule has 1 atom stereocenters. The average Bonchev–Trinajstić information content (AvgIpc) is 2.42. The SMILES string of the molecule is CCCCCCCCNN(CCS(=O)(=O)O)CC(O)CO. The van der Waals surface area contributed by atoms with E-state index in [2.05, 4.69) is 12.3 Å². The fraction of sp³-hybridized carbons (Fsp3) is 1.00. The number of hydrogen-bond donors (Lipinski definition) is 4. The van der Waals surface area contributed by atoms with Crippen LogP contribution in [0.5, 0.6) is 0 Å². The molecule has 0 aliphatic heterocycles. The van der Waals surface area contributed by atoms with Crippen molar-refractivity contribution in [3.8, 4) is 0 Å². The van der Waals surface area contributed by atoms with E-state index in [9.17, 15) is 13.5 Å². The number of nitrogens with one attached hydrogen (secondary N) is 1. The number of hydrogen-bond acceptors (Lipinski definition) is 6. The van der Waals surface area contributed by atoms with Crippen molar-refractivity contribution in [3.05, 3.63) is 0 Å². The lowest BCUT2D eigenvalue weighted by Crippen LogP contribution is -2.46. The van der Waals surface area contributed by atoms with Crippen molar-refractivity contribution in [2.24, 2.45) is 0 Å². The fourth-order valence-electron chi connectivity index (χ4n) is 1.92. The number of aliphatic hydroxyl groups is 2. The van der Waals surface area contributed by atoms with Crippen LogP contribution in [0.25, 0.3) is 0 Å². The van der Waals surface area contributed by atoms with Crippen LogP contribution in [-0.4, -0.2) is 66.3 Å². The van der Waals surface area contributed by atoms with Crippen LogP contribution in [0.3, 0.4) is 0 Å². The summed E-state index contributed by atoms with van der Waals surface area (Å²) in [6.45, 7) is 2.63. The van der Waals surface area contributed by atoms with Gasteiger partial charge in [-0.1, -0.05) is 39.0 Å². The van der Waals surface area contributed by atoms with Crippen molar-refractivity contribution in [1.82, 2.24) is 10.4 Å². The third-order valence-corrected chi connectivity index (χ3v) is 3.83. The highest BCUT2D eigenvalue weighted by Gasteiger charge is 2.13. The number of unbranched alkanes of at least 4 members (excludes halogenated alkanes) is 5. The number of aliphatic hydroxyl groups excluding tert-OH is 2. The van der Waals surface area contributed by atoms with Gasteiger partial charge in [-0.2, -0.15) is 8.42 Å². The van der Waals surface area contributed by atoms with E-state index in [0.717, 1.165) is 12.8 Å². The standard InChI is InChI=1S/C13H30N2O5S/c1-2-3-4-5-6-7-8-14-15(11-13(17)12-16)9-10-21(18,19)20/h13-14,16-17H,2-12H2,1H3,(H,18,19,20). The first-order valence-corrected chi connectivity index (χ1v) is 9.22. The summed E-state index contributed by atoms with van der Waals surface area (Å²) in [5.74, 6) is -0.408. The fourth-order valence-corrected chi connectivity index (χ4v) is 2.37. The number of hydrazine groups is 1. The maximum absolute atomic E-state index is 10.8. The molecule has 0 aromatic heterocycles. The lowest BCUT2D eigenvalue weighted by Gasteiger charge is -2.24. The van der Waals surface area contributed by atoms with Gasteiger partial charge in [-0.05, 0) is 6.42 Å². The molecule has 0 spiro atoms. The molecule has 0 bridgehead atoms. The zero-order valence-electron chi connectivity index (χ0n) is 12.9. The Hall–Kier alpha value is -0.250. The van der Waals surface area contributed by atoms with Crippen LogP contribution in [0.15, 0.2) is 0 Å². The summed E-state index contributed by atoms with van der Waals surface area (Å²) in [5, 5.41) is 19.8. The van der Waals surface area contributed by atoms with E-state index < -0.39 is 22.0 Å². The lowest BCUT2D eigenvalue weighted by molar-refractivity contribution is 0.0430. The van der Waals surface area contributed by atoms with E-state index in [1.807, 2.05) is 0 Å². The molecular weight excluding hydrogens is 296 g/mol. The van der Waals surface area contributed by atoms with Crippen molar-refractivity contribution in [2.45, 2.75) is 51.6 Å². The summed E-state index contributed by atoms with van der Waals surface area (Å²) < 4.78 is 30.3. The molecule has 8 heteroatoms. The second-order valence-electron chi connectivity index (χ2n) is 5.24. The highest BCUT2D eigenvalue weighted by Crippen LogP contribution is 2.04. The van der Waals surface area contributed by atoms with Gasteiger partial charge in [0.25, 0.3) is 10.1 Å². The van der Waals surface area contributed by atoms with Gasteiger partial charge in [-0.3, -0.25) is 9.98 Å². The van der Waals surface area contributed by atoms with Gasteiger partial charge in [0.05, 0.1) is 18.5 Å². The Balaban J connectivity index is 3.93. The Morgan fingerprint density at radius 1 is 1.14 bits per heavy atom. The maximum atomic E-state index is 10.8. The number of rotatable bonds is 14. The monoisotopic (exact) mass is 326 g/mol. The molecule has 0 saturated heterocycles. The molecule has 7 nitrogen and oxygen atoms in total. The molecule has 0 rings (SSSR count). The minimum atomic E-state index is -4.03. The van der Waals surface area contributed by atoms with Crippen LogP contribution >= 0.6 is 0 Å². The van der Waals surface area contributed by atoms with E-state index in [4.69, 9.17) is 9.66 Å². The van der Waals surface area contributed by atoms with Crippen LogP contribution in [0.4, 0.5) is 0 Å². The lowest BCUT2D eigenvalue weighted by atomic mass is 10.1. The Morgan fingerprint density at radius 3 is 2.33 bits per heavy atom. The van der Waals surface area contributed by atoms with Crippen LogP contribution in [0.1, 0.15) is 45.4 Å². The van der Waals surface area contributed by atoms with E-state index in [-0.39, 0.29) is 19.7 Å². The molecule has 0 fully saturated rings. The summed E-state index contributed by atoms with van der Waals surface area (Å²) in [6, 6.07) is 0. The summed E-state index contributed by atoms with van der Waals surface area (Å²) >= 11 is 0. The van der Waals surface area contributed by atoms with Gasteiger partial charge in [0.1, 0.15) is 0 Å². The van der Waals surface area contributed by atoms with Gasteiger partial charge < -0.3 is 10.2 Å². The zero-order valence-corrected chi connectivity index (χ0v) is 13.7. The highest BCUT2D eigenvalue weighted by molar-refractivity contribution is 7.85. The molecule has 0 radical (unpaired) electrons. The van der Waals surface area contributed by atoms with E-state index in [1.165, 1.54) is 30.7 Å². The Bertz CT molecular complexity index is 337. The van der Waals surface area contributed by atoms with Gasteiger partial charge in [0.15, 0.2) is 0 Å². The van der Waals surface area contributed by atoms with Crippen molar-refractivity contribution in [3.63, 3.8) is 0 Å². The van der Waals surface area contributed by atoms with Crippen molar-refractivity contribution >= 4 is 10.1 Å². The first-order chi connectivity index (χ1) is 9.89. The average molecular weight is 326 g/mol. The van der Waals surface area contributed by atoms with E-state index in [0.29, 0.717) is 6.54 Å². The summed E-state index contributed by atoms with van der Waals surface area (Å²) in [7, 11) is -4.03. The summed E-state index contributed by atoms with van der Waals surface area (Å²) in [4.78, 5) is 0. The van der Waals surface area contributed by atoms with Crippen LogP contribution in [0.2, 0.25) is 0 Å². The van der Waals surface area contributed by atoms with Gasteiger partial charge in [0, 0.05) is 19.6 Å². The van der Waals surface area contributed by atoms with E-state index >= 15 is 0 Å². The van der Waals surface area contributed by atoms with Gasteiger partial charge in [0.2, 0.25) is 0 Å². The Kier molecular flexibility index (Phi) is 12.2. The van der Waals surface area contributed by atoms with Crippen molar-refractivity contribution in [2.75, 3.05) is 32.0 Å². The third kappa shape index (κ3) is 14.5. The predicted octanol–water partition coefficient (Wildman–Crippen LogP) is 0.395. The normalized spacial score (nSPS) is 13.8. The van der Waals surface area contributed by atoms with Crippen molar-refractivity contribution in [1.29, 1.82) is 0 Å². The largest absolute Gasteiger partial charge is 0.394 e. The molecule has 21 heavy (non-hydrogen) atoms. The second-order valence-corrected chi connectivity index (χ2v) is 6.82. The topological polar surface area (TPSA) is 110 Å². The van der Waals surface area contributed by atoms with Crippen LogP contribution in [0, 0.1) is 0 Å². The molecule has 0 heterocycles. The van der Waals surface area contributed by atoms with Crippen LogP contribution in [-0.2, 0) is 10.1 Å². The maximum Gasteiger partial charge on any atom is 0.266 e. The zero-order chi connectivity index (χ0) is 16.1. The molecule has 4 N–H and O–H groups in total. The predicted molar refractivity (Wildman–Crippen MR) is 82.5 cm³/mol. The molecule has 0 aromatic rings. The molecule has 0 aliphatic carbocycles. The minimum absolute atomic E-state index is 0.0612. The first kappa shape index (κ1) is 20.8. The highest BCUT2D eigenvalue weighted by atomic mass is 32.2. The minimum Gasteiger partial charge on any atom is -0.394 e. The molecule has 0 amide bonds. The molecule has 0 aliphatic rings. The second kappa shape index (κ2) is 12.3. The van der Waals surface area contributed by atoms with Gasteiger partial charge >= 0.3 is 0 Å². The molecule has 1 unspecified atom stereocenters. The molecule has 0 aromatic carbocycles. The summed E-state index contributed by atoms with van der Waals surface area (Å²) in [6.07, 6.45) is 5.98. The third-order valence-electron chi connectivity index (χ3n) is 3.13. The molecular formula is C13H30N2O5S. The molecule has 128 valence electrons. The smallest absolute Gasteiger partial charge is 0.266 e. The van der Waals surface area contributed by atoms with Crippen molar-refractivity contribution < 1.29 is 23.2 Å².